The van der Waals surface area contributed by atoms with Crippen LogP contribution in [-0.2, 0) is 6.54 Å². The molecule has 0 saturated carbocycles. The molecule has 174 valence electrons. The number of benzene rings is 2. The van der Waals surface area contributed by atoms with E-state index in [1.165, 1.54) is 30.3 Å². The van der Waals surface area contributed by atoms with Crippen molar-refractivity contribution in [3.63, 3.8) is 0 Å². The van der Waals surface area contributed by atoms with Gasteiger partial charge in [-0.2, -0.15) is 0 Å². The zero-order valence-corrected chi connectivity index (χ0v) is 19.1. The number of hydrogen-bond donors (Lipinski definition) is 1. The normalized spacial score (nSPS) is 15.0. The second-order valence-electron chi connectivity index (χ2n) is 6.98. The lowest BCUT2D eigenvalue weighted by Crippen LogP contribution is -2.46. The maximum Gasteiger partial charge on any atom is 0.573 e. The Balaban J connectivity index is 1.61. The number of rotatable bonds is 6. The number of carbonyl (C=O) groups is 1. The van der Waals surface area contributed by atoms with Crippen LogP contribution in [0.4, 0.5) is 23.2 Å². The van der Waals surface area contributed by atoms with Crippen LogP contribution in [-0.4, -0.2) is 49.6 Å². The summed E-state index contributed by atoms with van der Waals surface area (Å²) < 4.78 is 57.9. The zero-order valence-electron chi connectivity index (χ0n) is 16.8. The van der Waals surface area contributed by atoms with Crippen molar-refractivity contribution >= 4 is 46.7 Å². The van der Waals surface area contributed by atoms with E-state index in [0.29, 0.717) is 49.0 Å². The smallest absolute Gasteiger partial charge is 0.404 e. The Bertz CT molecular complexity index is 986. The fourth-order valence-electron chi connectivity index (χ4n) is 3.33. The topological polar surface area (TPSA) is 44.8 Å². The van der Waals surface area contributed by atoms with Crippen molar-refractivity contribution in [3.8, 4) is 5.75 Å². The molecular formula is C20H19Cl2F4N3O2S. The summed E-state index contributed by atoms with van der Waals surface area (Å²) in [6.45, 7) is 2.80. The van der Waals surface area contributed by atoms with E-state index in [1.54, 1.807) is 6.26 Å². The highest BCUT2D eigenvalue weighted by Gasteiger charge is 2.32. The molecule has 1 aliphatic heterocycles. The summed E-state index contributed by atoms with van der Waals surface area (Å²) in [4.78, 5) is 15.9. The summed E-state index contributed by atoms with van der Waals surface area (Å²) in [5, 5.41) is 0.169. The van der Waals surface area contributed by atoms with Crippen molar-refractivity contribution in [2.24, 2.45) is 0 Å². The molecular weight excluding hydrogens is 493 g/mol. The molecule has 0 unspecified atom stereocenters. The van der Waals surface area contributed by atoms with Gasteiger partial charge in [-0.25, -0.2) is 4.39 Å². The molecule has 3 rings (SSSR count). The molecule has 1 heterocycles. The van der Waals surface area contributed by atoms with E-state index in [-0.39, 0.29) is 10.6 Å². The fourth-order valence-corrected chi connectivity index (χ4v) is 4.06. The second-order valence-corrected chi connectivity index (χ2v) is 8.41. The summed E-state index contributed by atoms with van der Waals surface area (Å²) in [6.07, 6.45) is -3.15. The maximum atomic E-state index is 14.4. The number of nitrogens with zero attached hydrogens (tertiary/aromatic N) is 2. The Labute approximate surface area is 196 Å². The Morgan fingerprint density at radius 3 is 2.41 bits per heavy atom. The van der Waals surface area contributed by atoms with Gasteiger partial charge in [0.1, 0.15) is 11.6 Å². The van der Waals surface area contributed by atoms with Crippen molar-refractivity contribution in [1.29, 1.82) is 0 Å². The average Bonchev–Trinajstić information content (AvgIpc) is 2.72. The molecule has 2 aromatic carbocycles. The molecule has 0 spiro atoms. The SMILES string of the molecule is CSNC(=O)c1cc(Cl)c(CN2CCN(c3ccc(OC(F)(F)F)c(Cl)c3)CC2)cc1F. The van der Waals surface area contributed by atoms with E-state index in [0.717, 1.165) is 11.9 Å². The van der Waals surface area contributed by atoms with Crippen LogP contribution >= 0.6 is 35.1 Å². The first kappa shape index (κ1) is 24.8. The predicted octanol–water partition coefficient (Wildman–Crippen LogP) is 5.36. The van der Waals surface area contributed by atoms with Crippen LogP contribution in [0, 0.1) is 5.82 Å². The predicted molar refractivity (Wildman–Crippen MR) is 118 cm³/mol. The summed E-state index contributed by atoms with van der Waals surface area (Å²) in [5.74, 6) is -1.65. The number of amides is 1. The van der Waals surface area contributed by atoms with E-state index >= 15 is 0 Å². The molecule has 0 radical (unpaired) electrons. The molecule has 0 aromatic heterocycles. The molecule has 1 amide bonds. The van der Waals surface area contributed by atoms with Gasteiger partial charge >= 0.3 is 6.36 Å². The largest absolute Gasteiger partial charge is 0.573 e. The molecule has 1 fully saturated rings. The van der Waals surface area contributed by atoms with E-state index < -0.39 is 23.8 Å². The first-order chi connectivity index (χ1) is 15.1. The average molecular weight is 512 g/mol. The lowest BCUT2D eigenvalue weighted by atomic mass is 10.1. The van der Waals surface area contributed by atoms with E-state index in [1.807, 2.05) is 4.90 Å². The van der Waals surface area contributed by atoms with Gasteiger partial charge in [-0.1, -0.05) is 35.1 Å². The van der Waals surface area contributed by atoms with Gasteiger partial charge in [0.05, 0.1) is 10.6 Å². The van der Waals surface area contributed by atoms with Gasteiger partial charge in [0.2, 0.25) is 0 Å². The minimum absolute atomic E-state index is 0.118. The quantitative estimate of drug-likeness (QED) is 0.417. The van der Waals surface area contributed by atoms with E-state index in [2.05, 4.69) is 14.4 Å². The molecule has 5 nitrogen and oxygen atoms in total. The molecule has 1 N–H and O–H groups in total. The van der Waals surface area contributed by atoms with Crippen LogP contribution in [0.3, 0.4) is 0 Å². The highest BCUT2D eigenvalue weighted by molar-refractivity contribution is 7.97. The van der Waals surface area contributed by atoms with Gasteiger partial charge in [0.25, 0.3) is 5.91 Å². The number of alkyl halides is 3. The number of carbonyl (C=O) groups excluding carboxylic acids is 1. The highest BCUT2D eigenvalue weighted by Crippen LogP contribution is 2.33. The number of halogens is 6. The summed E-state index contributed by atoms with van der Waals surface area (Å²) in [6, 6.07) is 6.73. The monoisotopic (exact) mass is 511 g/mol. The molecule has 2 aromatic rings. The number of piperazine rings is 1. The first-order valence-corrected chi connectivity index (χ1v) is 11.4. The van der Waals surface area contributed by atoms with Crippen LogP contribution in [0.15, 0.2) is 30.3 Å². The maximum absolute atomic E-state index is 14.4. The standard InChI is InChI=1S/C20H19Cl2F4N3O2S/c1-32-27-19(30)14-10-15(21)12(8-17(14)23)11-28-4-6-29(7-5-28)13-2-3-18(16(22)9-13)31-20(24,25)26/h2-3,8-10H,4-7,11H2,1H3,(H,27,30). The van der Waals surface area contributed by atoms with Crippen molar-refractivity contribution in [2.45, 2.75) is 12.9 Å². The molecule has 0 aliphatic carbocycles. The minimum Gasteiger partial charge on any atom is -0.404 e. The van der Waals surface area contributed by atoms with Crippen molar-refractivity contribution < 1.29 is 27.1 Å². The van der Waals surface area contributed by atoms with Gasteiger partial charge in [0.15, 0.2) is 0 Å². The second kappa shape index (κ2) is 10.4. The van der Waals surface area contributed by atoms with Crippen LogP contribution < -0.4 is 14.4 Å². The number of hydrogen-bond acceptors (Lipinski definition) is 5. The molecule has 0 bridgehead atoms. The molecule has 32 heavy (non-hydrogen) atoms. The van der Waals surface area contributed by atoms with Crippen molar-refractivity contribution in [1.82, 2.24) is 9.62 Å². The third-order valence-electron chi connectivity index (χ3n) is 4.85. The Kier molecular flexibility index (Phi) is 8.02. The fraction of sp³-hybridized carbons (Fsp3) is 0.350. The third kappa shape index (κ3) is 6.34. The molecule has 1 saturated heterocycles. The summed E-state index contributed by atoms with van der Waals surface area (Å²) >= 11 is 13.3. The Hall–Kier alpha value is -1.88. The first-order valence-electron chi connectivity index (χ1n) is 9.41. The van der Waals surface area contributed by atoms with Crippen molar-refractivity contribution in [2.75, 3.05) is 37.3 Å². The minimum atomic E-state index is -4.81. The summed E-state index contributed by atoms with van der Waals surface area (Å²) in [7, 11) is 0. The van der Waals surface area contributed by atoms with Gasteiger partial charge in [-0.05, 0) is 35.9 Å². The zero-order chi connectivity index (χ0) is 23.5. The van der Waals surface area contributed by atoms with Gasteiger partial charge < -0.3 is 9.64 Å². The lowest BCUT2D eigenvalue weighted by Gasteiger charge is -2.36. The van der Waals surface area contributed by atoms with Crippen molar-refractivity contribution in [3.05, 3.63) is 57.3 Å². The molecule has 1 aliphatic rings. The highest BCUT2D eigenvalue weighted by atomic mass is 35.5. The molecule has 0 atom stereocenters. The van der Waals surface area contributed by atoms with E-state index in [9.17, 15) is 22.4 Å². The van der Waals surface area contributed by atoms with Crippen LogP contribution in [0.1, 0.15) is 15.9 Å². The lowest BCUT2D eigenvalue weighted by molar-refractivity contribution is -0.274. The van der Waals surface area contributed by atoms with Gasteiger partial charge in [0, 0.05) is 49.7 Å². The van der Waals surface area contributed by atoms with Gasteiger partial charge in [-0.3, -0.25) is 14.4 Å². The Morgan fingerprint density at radius 1 is 1.12 bits per heavy atom. The van der Waals surface area contributed by atoms with E-state index in [4.69, 9.17) is 23.2 Å². The van der Waals surface area contributed by atoms with Gasteiger partial charge in [-0.15, -0.1) is 13.2 Å². The van der Waals surface area contributed by atoms with Crippen LogP contribution in [0.25, 0.3) is 0 Å². The Morgan fingerprint density at radius 2 is 1.81 bits per heavy atom. The number of anilines is 1. The number of nitrogens with one attached hydrogen (secondary N) is 1. The molecule has 12 heteroatoms. The number of ether oxygens (including phenoxy) is 1. The summed E-state index contributed by atoms with van der Waals surface area (Å²) in [5.41, 5.74) is 1.13. The van der Waals surface area contributed by atoms with Crippen LogP contribution in [0.5, 0.6) is 5.75 Å². The third-order valence-corrected chi connectivity index (χ3v) is 5.88. The van der Waals surface area contributed by atoms with Crippen LogP contribution in [0.2, 0.25) is 10.0 Å².